The first-order chi connectivity index (χ1) is 11.3. The van der Waals surface area contributed by atoms with Crippen LogP contribution in [0.5, 0.6) is 0 Å². The Morgan fingerprint density at radius 3 is 2.50 bits per heavy atom. The van der Waals surface area contributed by atoms with Crippen molar-refractivity contribution in [2.24, 2.45) is 10.4 Å². The van der Waals surface area contributed by atoms with Crippen LogP contribution in [0.1, 0.15) is 46.1 Å². The lowest BCUT2D eigenvalue weighted by atomic mass is 9.89. The van der Waals surface area contributed by atoms with Gasteiger partial charge in [0.15, 0.2) is 5.96 Å². The van der Waals surface area contributed by atoms with Crippen molar-refractivity contribution >= 4 is 16.8 Å². The molecule has 1 aromatic rings. The standard InChI is InChI=1S/C19H33N3OS/c1-16(11-12-19(2,3)4)22-18(20-5)21-13-14-24(23)15-17-9-7-6-8-10-17/h6-10,16H,11-15H2,1-5H3,(H2,20,21,22). The highest BCUT2D eigenvalue weighted by Gasteiger charge is 2.13. The Hall–Kier alpha value is -1.36. The van der Waals surface area contributed by atoms with E-state index in [0.29, 0.717) is 29.5 Å². The Labute approximate surface area is 150 Å². The minimum atomic E-state index is -0.863. The Balaban J connectivity index is 2.27. The molecule has 2 atom stereocenters. The molecule has 2 N–H and O–H groups in total. The fourth-order valence-corrected chi connectivity index (χ4v) is 3.30. The van der Waals surface area contributed by atoms with Crippen LogP contribution in [0.4, 0.5) is 0 Å². The lowest BCUT2D eigenvalue weighted by molar-refractivity contribution is 0.346. The number of hydrogen-bond donors (Lipinski definition) is 2. The van der Waals surface area contributed by atoms with Crippen LogP contribution in [0.15, 0.2) is 35.3 Å². The zero-order chi connectivity index (χ0) is 18.0. The van der Waals surface area contributed by atoms with Crippen molar-refractivity contribution in [1.29, 1.82) is 0 Å². The van der Waals surface area contributed by atoms with Crippen LogP contribution in [0, 0.1) is 5.41 Å². The number of benzene rings is 1. The van der Waals surface area contributed by atoms with E-state index in [4.69, 9.17) is 0 Å². The molecule has 0 amide bonds. The van der Waals surface area contributed by atoms with Crippen molar-refractivity contribution in [2.45, 2.75) is 52.3 Å². The summed E-state index contributed by atoms with van der Waals surface area (Å²) in [7, 11) is 0.908. The second-order valence-electron chi connectivity index (χ2n) is 7.42. The SMILES string of the molecule is CN=C(NCCS(=O)Cc1ccccc1)NC(C)CCC(C)(C)C. The van der Waals surface area contributed by atoms with Gasteiger partial charge < -0.3 is 10.6 Å². The molecule has 0 spiro atoms. The number of guanidine groups is 1. The van der Waals surface area contributed by atoms with Crippen LogP contribution < -0.4 is 10.6 Å². The molecule has 0 saturated carbocycles. The minimum Gasteiger partial charge on any atom is -0.355 e. The molecule has 0 bridgehead atoms. The van der Waals surface area contributed by atoms with E-state index in [0.717, 1.165) is 17.9 Å². The molecule has 1 aromatic carbocycles. The van der Waals surface area contributed by atoms with Gasteiger partial charge in [0.1, 0.15) is 0 Å². The molecule has 1 rings (SSSR count). The van der Waals surface area contributed by atoms with E-state index in [1.54, 1.807) is 7.05 Å². The highest BCUT2D eigenvalue weighted by atomic mass is 32.2. The summed E-state index contributed by atoms with van der Waals surface area (Å²) in [6.45, 7) is 9.61. The molecular formula is C19H33N3OS. The summed E-state index contributed by atoms with van der Waals surface area (Å²) in [6.07, 6.45) is 2.27. The van der Waals surface area contributed by atoms with Crippen molar-refractivity contribution in [3.63, 3.8) is 0 Å². The quantitative estimate of drug-likeness (QED) is 0.558. The molecule has 0 heterocycles. The molecule has 24 heavy (non-hydrogen) atoms. The number of hydrogen-bond acceptors (Lipinski definition) is 2. The van der Waals surface area contributed by atoms with E-state index >= 15 is 0 Å². The zero-order valence-electron chi connectivity index (χ0n) is 15.8. The maximum atomic E-state index is 12.1. The van der Waals surface area contributed by atoms with Gasteiger partial charge in [-0.2, -0.15) is 0 Å². The summed E-state index contributed by atoms with van der Waals surface area (Å²) in [4.78, 5) is 4.25. The number of aliphatic imine (C=N–C) groups is 1. The summed E-state index contributed by atoms with van der Waals surface area (Å²) in [6, 6.07) is 10.3. The molecule has 0 radical (unpaired) electrons. The third-order valence-corrected chi connectivity index (χ3v) is 5.04. The van der Waals surface area contributed by atoms with Crippen molar-refractivity contribution in [3.05, 3.63) is 35.9 Å². The highest BCUT2D eigenvalue weighted by molar-refractivity contribution is 7.84. The third-order valence-electron chi connectivity index (χ3n) is 3.73. The van der Waals surface area contributed by atoms with Gasteiger partial charge in [-0.3, -0.25) is 9.20 Å². The normalized spacial score (nSPS) is 15.0. The molecule has 0 saturated heterocycles. The van der Waals surface area contributed by atoms with Gasteiger partial charge in [0.25, 0.3) is 0 Å². The lowest BCUT2D eigenvalue weighted by Gasteiger charge is -2.23. The van der Waals surface area contributed by atoms with E-state index in [1.807, 2.05) is 30.3 Å². The topological polar surface area (TPSA) is 53.5 Å². The summed E-state index contributed by atoms with van der Waals surface area (Å²) in [5.74, 6) is 2.01. The van der Waals surface area contributed by atoms with Crippen LogP contribution in [0.3, 0.4) is 0 Å². The van der Waals surface area contributed by atoms with Gasteiger partial charge in [-0.1, -0.05) is 51.1 Å². The Bertz CT molecular complexity index is 523. The first kappa shape index (κ1) is 20.7. The van der Waals surface area contributed by atoms with E-state index in [9.17, 15) is 4.21 Å². The van der Waals surface area contributed by atoms with Gasteiger partial charge in [0.05, 0.1) is 0 Å². The van der Waals surface area contributed by atoms with Crippen molar-refractivity contribution in [2.75, 3.05) is 19.3 Å². The molecule has 136 valence electrons. The van der Waals surface area contributed by atoms with E-state index < -0.39 is 10.8 Å². The van der Waals surface area contributed by atoms with Gasteiger partial charge >= 0.3 is 0 Å². The predicted octanol–water partition coefficient (Wildman–Crippen LogP) is 3.32. The second-order valence-corrected chi connectivity index (χ2v) is 8.99. The first-order valence-electron chi connectivity index (χ1n) is 8.66. The number of nitrogens with zero attached hydrogens (tertiary/aromatic N) is 1. The van der Waals surface area contributed by atoms with Gasteiger partial charge in [-0.05, 0) is 30.7 Å². The number of nitrogens with one attached hydrogen (secondary N) is 2. The van der Waals surface area contributed by atoms with Gasteiger partial charge in [0.2, 0.25) is 0 Å². The third kappa shape index (κ3) is 9.71. The maximum Gasteiger partial charge on any atom is 0.191 e. The molecular weight excluding hydrogens is 318 g/mol. The predicted molar refractivity (Wildman–Crippen MR) is 106 cm³/mol. The van der Waals surface area contributed by atoms with Gasteiger partial charge in [-0.15, -0.1) is 0 Å². The van der Waals surface area contributed by atoms with Gasteiger partial charge in [0, 0.05) is 41.9 Å². The molecule has 5 heteroatoms. The largest absolute Gasteiger partial charge is 0.355 e. The fraction of sp³-hybridized carbons (Fsp3) is 0.632. The van der Waals surface area contributed by atoms with Crippen LogP contribution in [0.25, 0.3) is 0 Å². The van der Waals surface area contributed by atoms with Crippen LogP contribution in [-0.2, 0) is 16.6 Å². The maximum absolute atomic E-state index is 12.1. The molecule has 2 unspecified atom stereocenters. The molecule has 0 aromatic heterocycles. The van der Waals surface area contributed by atoms with Gasteiger partial charge in [-0.25, -0.2) is 0 Å². The first-order valence-corrected chi connectivity index (χ1v) is 10.1. The Morgan fingerprint density at radius 2 is 1.92 bits per heavy atom. The Kier molecular flexibility index (Phi) is 9.04. The highest BCUT2D eigenvalue weighted by Crippen LogP contribution is 2.21. The minimum absolute atomic E-state index is 0.348. The Morgan fingerprint density at radius 1 is 1.25 bits per heavy atom. The molecule has 0 aliphatic rings. The average Bonchev–Trinajstić information content (AvgIpc) is 2.52. The average molecular weight is 352 g/mol. The molecule has 4 nitrogen and oxygen atoms in total. The van der Waals surface area contributed by atoms with E-state index in [-0.39, 0.29) is 0 Å². The van der Waals surface area contributed by atoms with Crippen LogP contribution in [-0.4, -0.2) is 35.6 Å². The molecule has 0 aliphatic carbocycles. The smallest absolute Gasteiger partial charge is 0.191 e. The van der Waals surface area contributed by atoms with Crippen LogP contribution >= 0.6 is 0 Å². The molecule has 0 fully saturated rings. The second kappa shape index (κ2) is 10.5. The lowest BCUT2D eigenvalue weighted by Crippen LogP contribution is -2.43. The van der Waals surface area contributed by atoms with E-state index in [2.05, 4.69) is 43.3 Å². The number of rotatable bonds is 8. The summed E-state index contributed by atoms with van der Waals surface area (Å²) in [5.41, 5.74) is 1.47. The van der Waals surface area contributed by atoms with Crippen LogP contribution in [0.2, 0.25) is 0 Å². The molecule has 0 aliphatic heterocycles. The van der Waals surface area contributed by atoms with Crippen molar-refractivity contribution in [1.82, 2.24) is 10.6 Å². The van der Waals surface area contributed by atoms with E-state index in [1.165, 1.54) is 6.42 Å². The fourth-order valence-electron chi connectivity index (χ4n) is 2.27. The summed E-state index contributed by atoms with van der Waals surface area (Å²) >= 11 is 0. The summed E-state index contributed by atoms with van der Waals surface area (Å²) in [5, 5.41) is 6.66. The van der Waals surface area contributed by atoms with Crippen molar-refractivity contribution < 1.29 is 4.21 Å². The summed E-state index contributed by atoms with van der Waals surface area (Å²) < 4.78 is 12.1. The van der Waals surface area contributed by atoms with Crippen molar-refractivity contribution in [3.8, 4) is 0 Å². The zero-order valence-corrected chi connectivity index (χ0v) is 16.6. The monoisotopic (exact) mass is 351 g/mol.